The Bertz CT molecular complexity index is 593. The first-order valence-electron chi connectivity index (χ1n) is 6.63. The minimum Gasteiger partial charge on any atom is -0.397 e. The second-order valence-electron chi connectivity index (χ2n) is 4.98. The van der Waals surface area contributed by atoms with Crippen molar-refractivity contribution in [3.05, 3.63) is 59.4 Å². The topological polar surface area (TPSA) is 68.0 Å². The molecule has 1 heterocycles. The number of nitrogen functional groups attached to an aromatic ring is 1. The summed E-state index contributed by atoms with van der Waals surface area (Å²) in [7, 11) is 0. The van der Waals surface area contributed by atoms with Gasteiger partial charge in [0.05, 0.1) is 11.9 Å². The number of pyridine rings is 1. The summed E-state index contributed by atoms with van der Waals surface area (Å²) in [6, 6.07) is 11.5. The molecule has 0 aliphatic carbocycles. The summed E-state index contributed by atoms with van der Waals surface area (Å²) < 4.78 is 0. The summed E-state index contributed by atoms with van der Waals surface area (Å²) in [5.41, 5.74) is 8.96. The van der Waals surface area contributed by atoms with Gasteiger partial charge in [0, 0.05) is 6.04 Å². The highest BCUT2D eigenvalue weighted by Gasteiger charge is 2.12. The molecule has 0 saturated carbocycles. The summed E-state index contributed by atoms with van der Waals surface area (Å²) in [6.45, 7) is 4.06. The van der Waals surface area contributed by atoms with Gasteiger partial charge in [-0.2, -0.15) is 0 Å². The lowest BCUT2D eigenvalue weighted by Gasteiger charge is -2.15. The van der Waals surface area contributed by atoms with Crippen molar-refractivity contribution in [2.24, 2.45) is 0 Å². The van der Waals surface area contributed by atoms with Gasteiger partial charge >= 0.3 is 0 Å². The number of nitrogens with two attached hydrogens (primary N) is 1. The van der Waals surface area contributed by atoms with Crippen LogP contribution >= 0.6 is 0 Å². The largest absolute Gasteiger partial charge is 0.397 e. The van der Waals surface area contributed by atoms with Crippen LogP contribution in [0.15, 0.2) is 42.6 Å². The minimum atomic E-state index is -0.175. The van der Waals surface area contributed by atoms with Gasteiger partial charge in [0.15, 0.2) is 0 Å². The lowest BCUT2D eigenvalue weighted by molar-refractivity contribution is 0.0935. The summed E-state index contributed by atoms with van der Waals surface area (Å²) >= 11 is 0. The van der Waals surface area contributed by atoms with E-state index in [2.05, 4.69) is 29.4 Å². The highest BCUT2D eigenvalue weighted by atomic mass is 16.1. The molecular weight excluding hydrogens is 250 g/mol. The average molecular weight is 269 g/mol. The van der Waals surface area contributed by atoms with E-state index in [9.17, 15) is 4.79 Å². The Balaban J connectivity index is 1.98. The van der Waals surface area contributed by atoms with Crippen molar-refractivity contribution in [3.8, 4) is 0 Å². The Morgan fingerprint density at radius 3 is 2.70 bits per heavy atom. The maximum absolute atomic E-state index is 12.0. The number of carbonyl (C=O) groups is 1. The number of anilines is 1. The number of benzene rings is 1. The summed E-state index contributed by atoms with van der Waals surface area (Å²) in [4.78, 5) is 16.0. The molecule has 1 aromatic heterocycles. The van der Waals surface area contributed by atoms with Crippen molar-refractivity contribution in [1.29, 1.82) is 0 Å². The highest BCUT2D eigenvalue weighted by molar-refractivity contribution is 5.92. The fourth-order valence-corrected chi connectivity index (χ4v) is 2.06. The lowest BCUT2D eigenvalue weighted by Crippen LogP contribution is -2.34. The normalized spacial score (nSPS) is 11.9. The molecule has 0 bridgehead atoms. The van der Waals surface area contributed by atoms with Gasteiger partial charge in [0.25, 0.3) is 5.91 Å². The van der Waals surface area contributed by atoms with Gasteiger partial charge in [0.2, 0.25) is 0 Å². The first kappa shape index (κ1) is 14.1. The number of hydrogen-bond acceptors (Lipinski definition) is 3. The predicted molar refractivity (Wildman–Crippen MR) is 80.5 cm³/mol. The first-order chi connectivity index (χ1) is 9.56. The van der Waals surface area contributed by atoms with Crippen LogP contribution < -0.4 is 11.1 Å². The van der Waals surface area contributed by atoms with Crippen molar-refractivity contribution >= 4 is 11.6 Å². The van der Waals surface area contributed by atoms with Gasteiger partial charge in [0.1, 0.15) is 5.69 Å². The van der Waals surface area contributed by atoms with Crippen LogP contribution in [0.25, 0.3) is 0 Å². The minimum absolute atomic E-state index is 0.0444. The number of amides is 1. The van der Waals surface area contributed by atoms with Crippen molar-refractivity contribution in [1.82, 2.24) is 10.3 Å². The number of aryl methyl sites for hydroxylation is 1. The standard InChI is InChI=1S/C16H19N3O/c1-11-5-3-4-6-13(11)9-12(2)19-16(20)15-8-7-14(17)10-18-15/h3-8,10,12H,9,17H2,1-2H3,(H,19,20). The molecule has 2 aromatic rings. The Morgan fingerprint density at radius 1 is 1.30 bits per heavy atom. The molecule has 1 atom stereocenters. The van der Waals surface area contributed by atoms with Crippen LogP contribution in [0.5, 0.6) is 0 Å². The molecule has 20 heavy (non-hydrogen) atoms. The van der Waals surface area contributed by atoms with Gasteiger partial charge in [-0.15, -0.1) is 0 Å². The number of aromatic nitrogens is 1. The quantitative estimate of drug-likeness (QED) is 0.895. The molecular formula is C16H19N3O. The van der Waals surface area contributed by atoms with Crippen LogP contribution in [0, 0.1) is 6.92 Å². The molecule has 0 aliphatic heterocycles. The fraction of sp³-hybridized carbons (Fsp3) is 0.250. The van der Waals surface area contributed by atoms with E-state index in [4.69, 9.17) is 5.73 Å². The van der Waals surface area contributed by atoms with Crippen LogP contribution in [0.2, 0.25) is 0 Å². The molecule has 104 valence electrons. The Kier molecular flexibility index (Phi) is 4.35. The summed E-state index contributed by atoms with van der Waals surface area (Å²) in [5, 5.41) is 2.95. The van der Waals surface area contributed by atoms with Gasteiger partial charge in [-0.1, -0.05) is 24.3 Å². The number of carbonyl (C=O) groups excluding carboxylic acids is 1. The third-order valence-electron chi connectivity index (χ3n) is 3.18. The molecule has 0 radical (unpaired) electrons. The molecule has 2 rings (SSSR count). The van der Waals surface area contributed by atoms with E-state index < -0.39 is 0 Å². The van der Waals surface area contributed by atoms with E-state index in [1.54, 1.807) is 12.1 Å². The average Bonchev–Trinajstić information content (AvgIpc) is 2.42. The zero-order chi connectivity index (χ0) is 14.5. The van der Waals surface area contributed by atoms with Gasteiger partial charge in [-0.3, -0.25) is 4.79 Å². The molecule has 0 aliphatic rings. The second kappa shape index (κ2) is 6.19. The summed E-state index contributed by atoms with van der Waals surface area (Å²) in [5.74, 6) is -0.175. The van der Waals surface area contributed by atoms with Crippen LogP contribution in [0.3, 0.4) is 0 Å². The third-order valence-corrected chi connectivity index (χ3v) is 3.18. The number of hydrogen-bond donors (Lipinski definition) is 2. The molecule has 1 aromatic carbocycles. The highest BCUT2D eigenvalue weighted by Crippen LogP contribution is 2.10. The van der Waals surface area contributed by atoms with E-state index >= 15 is 0 Å². The maximum atomic E-state index is 12.0. The zero-order valence-corrected chi connectivity index (χ0v) is 11.8. The number of rotatable bonds is 4. The predicted octanol–water partition coefficient (Wildman–Crippen LogP) is 2.33. The smallest absolute Gasteiger partial charge is 0.270 e. The van der Waals surface area contributed by atoms with E-state index in [0.717, 1.165) is 6.42 Å². The molecule has 3 N–H and O–H groups in total. The van der Waals surface area contributed by atoms with Crippen molar-refractivity contribution in [3.63, 3.8) is 0 Å². The Morgan fingerprint density at radius 2 is 2.05 bits per heavy atom. The van der Waals surface area contributed by atoms with Gasteiger partial charge < -0.3 is 11.1 Å². The van der Waals surface area contributed by atoms with Crippen LogP contribution in [0.1, 0.15) is 28.5 Å². The van der Waals surface area contributed by atoms with Crippen molar-refractivity contribution in [2.45, 2.75) is 26.3 Å². The number of nitrogens with zero attached hydrogens (tertiary/aromatic N) is 1. The van der Waals surface area contributed by atoms with Crippen LogP contribution in [-0.4, -0.2) is 16.9 Å². The molecule has 1 unspecified atom stereocenters. The van der Waals surface area contributed by atoms with Gasteiger partial charge in [-0.05, 0) is 43.5 Å². The second-order valence-corrected chi connectivity index (χ2v) is 4.98. The summed E-state index contributed by atoms with van der Waals surface area (Å²) in [6.07, 6.45) is 2.29. The van der Waals surface area contributed by atoms with Crippen LogP contribution in [-0.2, 0) is 6.42 Å². The molecule has 4 heteroatoms. The van der Waals surface area contributed by atoms with E-state index in [1.165, 1.54) is 17.3 Å². The van der Waals surface area contributed by atoms with Gasteiger partial charge in [-0.25, -0.2) is 4.98 Å². The van der Waals surface area contributed by atoms with Crippen LogP contribution in [0.4, 0.5) is 5.69 Å². The maximum Gasteiger partial charge on any atom is 0.270 e. The molecule has 4 nitrogen and oxygen atoms in total. The molecule has 0 fully saturated rings. The lowest BCUT2D eigenvalue weighted by atomic mass is 10.0. The van der Waals surface area contributed by atoms with Crippen molar-refractivity contribution in [2.75, 3.05) is 5.73 Å². The van der Waals surface area contributed by atoms with Crippen molar-refractivity contribution < 1.29 is 4.79 Å². The monoisotopic (exact) mass is 269 g/mol. The van der Waals surface area contributed by atoms with E-state index in [-0.39, 0.29) is 11.9 Å². The molecule has 0 saturated heterocycles. The third kappa shape index (κ3) is 3.57. The fourth-order valence-electron chi connectivity index (χ4n) is 2.06. The SMILES string of the molecule is Cc1ccccc1CC(C)NC(=O)c1ccc(N)cn1. The number of nitrogens with one attached hydrogen (secondary N) is 1. The van der Waals surface area contributed by atoms with E-state index in [0.29, 0.717) is 11.4 Å². The Hall–Kier alpha value is -2.36. The van der Waals surface area contributed by atoms with E-state index in [1.807, 2.05) is 19.1 Å². The Labute approximate surface area is 119 Å². The zero-order valence-electron chi connectivity index (χ0n) is 11.8. The molecule has 1 amide bonds. The first-order valence-corrected chi connectivity index (χ1v) is 6.63. The molecule has 0 spiro atoms.